The topological polar surface area (TPSA) is 52.3 Å². The molecule has 17 heavy (non-hydrogen) atoms. The Bertz CT molecular complexity index is 364. The molecule has 1 heterocycles. The van der Waals surface area contributed by atoms with Crippen molar-refractivity contribution in [1.82, 2.24) is 0 Å². The fourth-order valence-electron chi connectivity index (χ4n) is 1.42. The van der Waals surface area contributed by atoms with E-state index in [9.17, 15) is 4.79 Å². The van der Waals surface area contributed by atoms with Gasteiger partial charge in [-0.05, 0) is 34.8 Å². The highest BCUT2D eigenvalue weighted by molar-refractivity contribution is 9.10. The second kappa shape index (κ2) is 7.36. The van der Waals surface area contributed by atoms with E-state index in [0.717, 1.165) is 32.9 Å². The van der Waals surface area contributed by atoms with Crippen LogP contribution in [-0.2, 0) is 9.53 Å². The number of ether oxygens (including phenoxy) is 1. The van der Waals surface area contributed by atoms with Gasteiger partial charge in [-0.2, -0.15) is 0 Å². The number of nitrogens with two attached hydrogens (primary N) is 1. The lowest BCUT2D eigenvalue weighted by Gasteiger charge is -2.08. The molecule has 1 atom stereocenters. The van der Waals surface area contributed by atoms with Gasteiger partial charge < -0.3 is 10.5 Å². The number of thiophene rings is 1. The summed E-state index contributed by atoms with van der Waals surface area (Å²) in [5, 5.41) is 0. The molecule has 0 aromatic carbocycles. The third kappa shape index (κ3) is 4.95. The highest BCUT2D eigenvalue weighted by Gasteiger charge is 2.12. The van der Waals surface area contributed by atoms with E-state index in [0.29, 0.717) is 6.42 Å². The maximum absolute atomic E-state index is 10.9. The molecule has 0 saturated heterocycles. The highest BCUT2D eigenvalue weighted by Crippen LogP contribution is 2.35. The number of methoxy groups -OCH3 is 1. The number of hydrogen-bond donors (Lipinski definition) is 1. The number of hydrogen-bond acceptors (Lipinski definition) is 4. The van der Waals surface area contributed by atoms with Crippen molar-refractivity contribution in [2.24, 2.45) is 5.73 Å². The maximum Gasteiger partial charge on any atom is 0.305 e. The van der Waals surface area contributed by atoms with Crippen molar-refractivity contribution in [2.45, 2.75) is 31.7 Å². The van der Waals surface area contributed by atoms with Crippen LogP contribution < -0.4 is 5.73 Å². The fraction of sp³-hybridized carbons (Fsp3) is 0.545. The molecule has 1 aromatic heterocycles. The van der Waals surface area contributed by atoms with E-state index in [1.165, 1.54) is 18.4 Å². The number of carbonyl (C=O) groups is 1. The predicted molar refractivity (Wildman–Crippen MR) is 74.4 cm³/mol. The molecule has 1 aromatic rings. The van der Waals surface area contributed by atoms with Crippen LogP contribution in [0.4, 0.5) is 0 Å². The van der Waals surface area contributed by atoms with Gasteiger partial charge in [0.15, 0.2) is 0 Å². The summed E-state index contributed by atoms with van der Waals surface area (Å²) < 4.78 is 6.19. The minimum atomic E-state index is -0.166. The third-order valence-electron chi connectivity index (χ3n) is 2.40. The smallest absolute Gasteiger partial charge is 0.305 e. The van der Waals surface area contributed by atoms with Crippen LogP contribution in [0.5, 0.6) is 0 Å². The average Bonchev–Trinajstić information content (AvgIpc) is 2.64. The largest absolute Gasteiger partial charge is 0.469 e. The molecule has 1 rings (SSSR count). The Morgan fingerprint density at radius 1 is 1.65 bits per heavy atom. The first-order valence-electron chi connectivity index (χ1n) is 5.31. The van der Waals surface area contributed by atoms with Crippen LogP contribution in [0.2, 0.25) is 4.34 Å². The van der Waals surface area contributed by atoms with Gasteiger partial charge in [0.05, 0.1) is 7.11 Å². The predicted octanol–water partition coefficient (Wildman–Crippen LogP) is 3.90. The van der Waals surface area contributed by atoms with Crippen molar-refractivity contribution in [1.29, 1.82) is 0 Å². The molecule has 2 N–H and O–H groups in total. The van der Waals surface area contributed by atoms with Gasteiger partial charge in [0.25, 0.3) is 0 Å². The van der Waals surface area contributed by atoms with Crippen molar-refractivity contribution in [3.63, 3.8) is 0 Å². The second-order valence-corrected chi connectivity index (χ2v) is 6.24. The lowest BCUT2D eigenvalue weighted by Crippen LogP contribution is -2.08. The van der Waals surface area contributed by atoms with Gasteiger partial charge >= 0.3 is 5.97 Å². The molecule has 6 heteroatoms. The summed E-state index contributed by atoms with van der Waals surface area (Å²) in [6, 6.07) is 1.94. The Morgan fingerprint density at radius 2 is 2.35 bits per heavy atom. The maximum atomic E-state index is 10.9. The summed E-state index contributed by atoms with van der Waals surface area (Å²) in [4.78, 5) is 12.0. The Hall–Kier alpha value is -0.100. The Labute approximate surface area is 118 Å². The zero-order valence-electron chi connectivity index (χ0n) is 9.54. The van der Waals surface area contributed by atoms with E-state index >= 15 is 0 Å². The molecule has 0 aliphatic heterocycles. The van der Waals surface area contributed by atoms with Gasteiger partial charge in [-0.1, -0.05) is 18.0 Å². The summed E-state index contributed by atoms with van der Waals surface area (Å²) in [5.41, 5.74) is 6.04. The van der Waals surface area contributed by atoms with Crippen molar-refractivity contribution in [3.05, 3.63) is 19.8 Å². The summed E-state index contributed by atoms with van der Waals surface area (Å²) in [6.45, 7) is 0. The van der Waals surface area contributed by atoms with Crippen LogP contribution in [0.3, 0.4) is 0 Å². The quantitative estimate of drug-likeness (QED) is 0.631. The molecule has 96 valence electrons. The minimum Gasteiger partial charge on any atom is -0.469 e. The summed E-state index contributed by atoms with van der Waals surface area (Å²) in [7, 11) is 1.40. The summed E-state index contributed by atoms with van der Waals surface area (Å²) >= 11 is 10.8. The SMILES string of the molecule is COC(=O)CCCCC(N)c1cc(Br)c(Cl)s1. The lowest BCUT2D eigenvalue weighted by molar-refractivity contribution is -0.140. The molecule has 0 fully saturated rings. The van der Waals surface area contributed by atoms with Gasteiger partial charge in [0.2, 0.25) is 0 Å². The number of unbranched alkanes of at least 4 members (excludes halogenated alkanes) is 1. The van der Waals surface area contributed by atoms with Crippen molar-refractivity contribution < 1.29 is 9.53 Å². The normalized spacial score (nSPS) is 12.5. The van der Waals surface area contributed by atoms with E-state index in [1.54, 1.807) is 0 Å². The molecule has 0 spiro atoms. The van der Waals surface area contributed by atoms with Crippen LogP contribution in [-0.4, -0.2) is 13.1 Å². The van der Waals surface area contributed by atoms with Crippen molar-refractivity contribution in [2.75, 3.05) is 7.11 Å². The number of esters is 1. The van der Waals surface area contributed by atoms with E-state index < -0.39 is 0 Å². The van der Waals surface area contributed by atoms with Crippen LogP contribution >= 0.6 is 38.9 Å². The van der Waals surface area contributed by atoms with E-state index in [1.807, 2.05) is 6.07 Å². The van der Waals surface area contributed by atoms with E-state index in [2.05, 4.69) is 20.7 Å². The molecule has 0 aliphatic rings. The van der Waals surface area contributed by atoms with Crippen molar-refractivity contribution in [3.8, 4) is 0 Å². The standard InChI is InChI=1S/C11H15BrClNO2S/c1-16-10(15)5-3-2-4-8(14)9-6-7(12)11(13)17-9/h6,8H,2-5,14H2,1H3. The molecule has 3 nitrogen and oxygen atoms in total. The first-order valence-corrected chi connectivity index (χ1v) is 7.30. The Morgan fingerprint density at radius 3 is 2.88 bits per heavy atom. The van der Waals surface area contributed by atoms with Gasteiger partial charge in [-0.25, -0.2) is 0 Å². The van der Waals surface area contributed by atoms with Gasteiger partial charge in [0, 0.05) is 21.8 Å². The van der Waals surface area contributed by atoms with Gasteiger partial charge in [-0.15, -0.1) is 11.3 Å². The molecule has 0 amide bonds. The monoisotopic (exact) mass is 339 g/mol. The second-order valence-electron chi connectivity index (χ2n) is 3.70. The van der Waals surface area contributed by atoms with Crippen molar-refractivity contribution >= 4 is 44.8 Å². The molecule has 0 radical (unpaired) electrons. The molecule has 1 unspecified atom stereocenters. The van der Waals surface area contributed by atoms with Crippen LogP contribution in [0, 0.1) is 0 Å². The zero-order valence-corrected chi connectivity index (χ0v) is 12.7. The van der Waals surface area contributed by atoms with E-state index in [4.69, 9.17) is 17.3 Å². The first kappa shape index (κ1) is 15.0. The molecular formula is C11H15BrClNO2S. The summed E-state index contributed by atoms with van der Waals surface area (Å²) in [5.74, 6) is -0.166. The minimum absolute atomic E-state index is 0.0125. The van der Waals surface area contributed by atoms with Crippen LogP contribution in [0.1, 0.15) is 36.6 Å². The number of halogens is 2. The molecular weight excluding hydrogens is 326 g/mol. The first-order chi connectivity index (χ1) is 8.04. The van der Waals surface area contributed by atoms with Gasteiger partial charge in [0.1, 0.15) is 4.34 Å². The molecule has 0 aliphatic carbocycles. The highest BCUT2D eigenvalue weighted by atomic mass is 79.9. The Kier molecular flexibility index (Phi) is 6.48. The average molecular weight is 341 g/mol. The molecule has 0 saturated carbocycles. The lowest BCUT2D eigenvalue weighted by atomic mass is 10.1. The van der Waals surface area contributed by atoms with E-state index in [-0.39, 0.29) is 12.0 Å². The Balaban J connectivity index is 2.30. The fourth-order valence-corrected chi connectivity index (χ4v) is 3.20. The number of rotatable bonds is 6. The van der Waals surface area contributed by atoms with Gasteiger partial charge in [-0.3, -0.25) is 4.79 Å². The van der Waals surface area contributed by atoms with Crippen LogP contribution in [0.25, 0.3) is 0 Å². The van der Waals surface area contributed by atoms with Crippen LogP contribution in [0.15, 0.2) is 10.5 Å². The number of carbonyl (C=O) groups excluding carboxylic acids is 1. The summed E-state index contributed by atoms with van der Waals surface area (Å²) in [6.07, 6.45) is 3.02. The third-order valence-corrected chi connectivity index (χ3v) is 5.01. The molecule has 0 bridgehead atoms. The zero-order chi connectivity index (χ0) is 12.8.